The summed E-state index contributed by atoms with van der Waals surface area (Å²) in [6.45, 7) is 2.28. The highest BCUT2D eigenvalue weighted by atomic mass is 35.5. The van der Waals surface area contributed by atoms with Gasteiger partial charge < -0.3 is 84.7 Å². The molecule has 19 N–H and O–H groups in total. The number of alkyl halides is 1. The Labute approximate surface area is 570 Å². The fourth-order valence-corrected chi connectivity index (χ4v) is 14.9. The first-order valence-corrected chi connectivity index (χ1v) is 35.3. The summed E-state index contributed by atoms with van der Waals surface area (Å²) >= 11 is 6.44. The van der Waals surface area contributed by atoms with Gasteiger partial charge in [-0.25, -0.2) is 4.79 Å². The summed E-state index contributed by atoms with van der Waals surface area (Å²) in [6, 6.07) is -4.22. The van der Waals surface area contributed by atoms with Gasteiger partial charge in [0.25, 0.3) is 11.8 Å². The normalized spacial score (nSPS) is 22.9. The highest BCUT2D eigenvalue weighted by molar-refractivity contribution is 8.76. The van der Waals surface area contributed by atoms with E-state index >= 15 is 0 Å². The molecule has 1 fully saturated rings. The van der Waals surface area contributed by atoms with E-state index in [1.54, 1.807) is 30.2 Å². The maximum absolute atomic E-state index is 14.1. The number of aliphatic carboxylic acids is 3. The molecule has 11 atom stereocenters. The van der Waals surface area contributed by atoms with Gasteiger partial charge >= 0.3 is 17.9 Å². The van der Waals surface area contributed by atoms with Gasteiger partial charge in [-0.05, 0) is 111 Å². The third-order valence-corrected chi connectivity index (χ3v) is 20.4. The van der Waals surface area contributed by atoms with Crippen molar-refractivity contribution in [3.8, 4) is 5.75 Å². The van der Waals surface area contributed by atoms with Crippen LogP contribution in [0, 0.1) is 5.92 Å². The number of aliphatic imine (C=N–C) groups is 3. The van der Waals surface area contributed by atoms with Crippen molar-refractivity contribution in [1.29, 1.82) is 0 Å². The molecule has 7 aliphatic rings. The van der Waals surface area contributed by atoms with Crippen molar-refractivity contribution in [3.05, 3.63) is 67.8 Å². The number of allylic oxidation sites excluding steroid dienone is 1. The number of nitrogens with two attached hydrogens (primary N) is 3. The number of phenols is 1. The highest BCUT2D eigenvalue weighted by Crippen LogP contribution is 2.38. The number of nitrogens with one attached hydrogen (secondary N) is 9. The van der Waals surface area contributed by atoms with Crippen LogP contribution in [0.15, 0.2) is 50.5 Å². The molecular weight excluding hydrogens is 1320 g/mol. The zero-order chi connectivity index (χ0) is 69.6. The fourth-order valence-electron chi connectivity index (χ4n) is 12.5. The van der Waals surface area contributed by atoms with Crippen LogP contribution in [-0.4, -0.2) is 207 Å². The maximum Gasteiger partial charge on any atom is 0.327 e. The Kier molecular flexibility index (Phi) is 25.5. The standard InChI is InChI=1S/C64H83ClN16O14S2/c1-31(66)73-61(90)56-57(68)72-27-39(75-56)26-69-36-8-6-32(7-9-36)25-70-45(63(92)93)14-15-52(83)71-28-42(67)58(87)79-47(22-54(85)86)60(89)80-49(64(94)95)30-97-96-17-16-53(84)74-37-10-12-43-33(18-37)20-46(77-43)59(88)76-38-11-13-44-34(19-38)21-48(78-44)62(91)81-29-35(24-65)55-41-5-3-2-4-40(41)51(82)23-50(55)81/h4-5,11-12,18-20,23,27,31-32,35,37,39,42,44-45,47,49,56-57,70,75,77,82H,2-3,6-10,13-17,21-22,24-26,28-30,66-68H2,1H3,(H,71,83)(H,73,90)(H,74,84)(H,76,88)(H,79,87)(H,80,89)(H,85,86)(H,92,93)(H,94,95). The van der Waals surface area contributed by atoms with E-state index < -0.39 is 97.2 Å². The molecule has 1 aromatic heterocycles. The number of carbonyl (C=O) groups excluding carboxylic acids is 7. The predicted octanol–water partition coefficient (Wildman–Crippen LogP) is -2.63. The van der Waals surface area contributed by atoms with Crippen LogP contribution in [0.3, 0.4) is 0 Å². The number of hydrogen-bond acceptors (Lipinski definition) is 21. The first-order chi connectivity index (χ1) is 46.4. The van der Waals surface area contributed by atoms with Crippen molar-refractivity contribution in [2.75, 3.05) is 48.5 Å². The summed E-state index contributed by atoms with van der Waals surface area (Å²) < 4.78 is 0. The van der Waals surface area contributed by atoms with E-state index in [1.807, 2.05) is 30.4 Å². The number of rotatable bonds is 31. The van der Waals surface area contributed by atoms with Crippen LogP contribution in [0.2, 0.25) is 0 Å². The Morgan fingerprint density at radius 2 is 1.62 bits per heavy atom. The zero-order valence-corrected chi connectivity index (χ0v) is 55.7. The van der Waals surface area contributed by atoms with Crippen LogP contribution in [0.5, 0.6) is 5.75 Å². The maximum atomic E-state index is 14.1. The summed E-state index contributed by atoms with van der Waals surface area (Å²) in [5.41, 5.74) is 22.4. The average molecular weight is 1400 g/mol. The molecule has 0 saturated heterocycles. The Bertz CT molecular complexity index is 3830. The summed E-state index contributed by atoms with van der Waals surface area (Å²) in [5.74, 6) is -7.66. The molecule has 4 aliphatic carbocycles. The van der Waals surface area contributed by atoms with Gasteiger partial charge in [-0.2, -0.15) is 0 Å². The van der Waals surface area contributed by atoms with E-state index in [4.69, 9.17) is 38.8 Å². The van der Waals surface area contributed by atoms with Gasteiger partial charge in [0.2, 0.25) is 29.5 Å². The zero-order valence-electron chi connectivity index (χ0n) is 53.4. The second-order valence-electron chi connectivity index (χ2n) is 24.9. The fraction of sp³-hybridized carbons (Fsp3) is 0.516. The number of benzene rings is 1. The third-order valence-electron chi connectivity index (χ3n) is 17.6. The van der Waals surface area contributed by atoms with Gasteiger partial charge in [0, 0.05) is 89.9 Å². The molecule has 33 heteroatoms. The predicted molar refractivity (Wildman–Crippen MR) is 367 cm³/mol. The van der Waals surface area contributed by atoms with Crippen LogP contribution >= 0.6 is 33.2 Å². The quantitative estimate of drug-likeness (QED) is 0.0159. The molecule has 0 radical (unpaired) electrons. The molecule has 97 heavy (non-hydrogen) atoms. The van der Waals surface area contributed by atoms with Crippen molar-refractivity contribution >= 4 is 140 Å². The summed E-state index contributed by atoms with van der Waals surface area (Å²) in [6.07, 6.45) is 16.4. The van der Waals surface area contributed by atoms with Gasteiger partial charge in [-0.15, -0.1) is 11.6 Å². The van der Waals surface area contributed by atoms with Crippen molar-refractivity contribution in [2.45, 2.75) is 157 Å². The number of carboxylic acids is 3. The van der Waals surface area contributed by atoms with Gasteiger partial charge in [-0.1, -0.05) is 52.0 Å². The van der Waals surface area contributed by atoms with Crippen molar-refractivity contribution in [1.82, 2.24) is 47.5 Å². The summed E-state index contributed by atoms with van der Waals surface area (Å²) in [4.78, 5) is 147. The van der Waals surface area contributed by atoms with Crippen LogP contribution in [0.1, 0.15) is 112 Å². The number of nitrogens with zero attached hydrogens (tertiary/aromatic N) is 4. The molecule has 522 valence electrons. The van der Waals surface area contributed by atoms with Gasteiger partial charge in [0.1, 0.15) is 53.5 Å². The lowest BCUT2D eigenvalue weighted by Gasteiger charge is -2.30. The average Bonchev–Trinajstić information content (AvgIpc) is 1.61. The molecular formula is C64H83ClN16O14S2. The number of aromatic amines is 1. The first-order valence-electron chi connectivity index (χ1n) is 32.3. The minimum atomic E-state index is -1.76. The number of anilines is 1. The Morgan fingerprint density at radius 1 is 0.876 bits per heavy atom. The number of phenolic OH excluding ortho intramolecular Hbond substituents is 1. The molecule has 0 bridgehead atoms. The number of H-pyrrole nitrogens is 1. The molecule has 2 aromatic rings. The topological polar surface area (TPSA) is 482 Å². The molecule has 4 heterocycles. The smallest absolute Gasteiger partial charge is 0.327 e. The lowest BCUT2D eigenvalue weighted by Crippen LogP contribution is -2.61. The number of hydrogen-bond donors (Lipinski definition) is 16. The van der Waals surface area contributed by atoms with Gasteiger partial charge in [-0.3, -0.25) is 63.4 Å². The Balaban J connectivity index is 0.647. The van der Waals surface area contributed by atoms with E-state index in [2.05, 4.69) is 58.6 Å². The van der Waals surface area contributed by atoms with Crippen molar-refractivity contribution in [2.24, 2.45) is 38.1 Å². The number of aromatic hydroxyl groups is 1. The lowest BCUT2D eigenvalue weighted by atomic mass is 9.87. The molecule has 0 spiro atoms. The molecule has 3 aliphatic heterocycles. The van der Waals surface area contributed by atoms with Crippen LogP contribution < -0.4 is 85.6 Å². The van der Waals surface area contributed by atoms with E-state index in [9.17, 15) is 68.4 Å². The number of fused-ring (bicyclic) bond motifs is 5. The minimum absolute atomic E-state index is 0.0421. The second kappa shape index (κ2) is 33.8. The number of amides is 7. The molecule has 1 aromatic carbocycles. The van der Waals surface area contributed by atoms with E-state index in [0.29, 0.717) is 91.0 Å². The monoisotopic (exact) mass is 1400 g/mol. The number of halogens is 1. The highest BCUT2D eigenvalue weighted by Gasteiger charge is 2.39. The van der Waals surface area contributed by atoms with E-state index in [1.165, 1.54) is 0 Å². The lowest BCUT2D eigenvalue weighted by molar-refractivity contribution is -0.143. The van der Waals surface area contributed by atoms with Gasteiger partial charge in [0.15, 0.2) is 0 Å². The van der Waals surface area contributed by atoms with E-state index in [0.717, 1.165) is 74.6 Å². The molecule has 7 amide bonds. The van der Waals surface area contributed by atoms with Crippen molar-refractivity contribution < 1.29 is 68.4 Å². The Morgan fingerprint density at radius 3 is 2.34 bits per heavy atom. The number of carboxylic acid groups (broad SMARTS) is 3. The van der Waals surface area contributed by atoms with Crippen molar-refractivity contribution in [3.63, 3.8) is 0 Å². The number of aromatic nitrogens is 1. The largest absolute Gasteiger partial charge is 0.507 e. The SMILES string of the molecule is CC(N)NC(=O)C1NC(CN=C2CCC(CNC(CCC(=O)NCC(N)C(=O)NC(CC(=O)O)C(=O)NC(CSSCCC(=O)NC3C=c4cc(C(=O)NC5=CCC6N=C(C(=O)N7CC(CCl)c8c7cc(O)c7c8=CCCC=7)CC6=C5)[nH]c4=CC3)C(=O)O)C(=O)O)CC2)C=NC1N. The first kappa shape index (κ1) is 73.0. The second-order valence-corrected chi connectivity index (χ2v) is 27.9. The molecule has 30 nitrogen and oxygen atoms in total. The number of carbonyl (C=O) groups is 10. The van der Waals surface area contributed by atoms with E-state index in [-0.39, 0.29) is 84.1 Å². The van der Waals surface area contributed by atoms with Crippen LogP contribution in [0.25, 0.3) is 24.3 Å². The third kappa shape index (κ3) is 19.5. The summed E-state index contributed by atoms with van der Waals surface area (Å²) in [7, 11) is 2.20. The van der Waals surface area contributed by atoms with Crippen LogP contribution in [-0.2, 0) is 43.2 Å². The minimum Gasteiger partial charge on any atom is -0.507 e. The Hall–Kier alpha value is -8.24. The van der Waals surface area contributed by atoms with Crippen LogP contribution in [0.4, 0.5) is 5.69 Å². The summed E-state index contributed by atoms with van der Waals surface area (Å²) in [5, 5.41) is 65.1. The van der Waals surface area contributed by atoms with Gasteiger partial charge in [0.05, 0.1) is 42.9 Å². The molecule has 9 rings (SSSR count). The molecule has 1 saturated carbocycles. The molecule has 11 unspecified atom stereocenters.